The van der Waals surface area contributed by atoms with Gasteiger partial charge in [0.2, 0.25) is 0 Å². The number of hydrogen-bond acceptors (Lipinski definition) is 0. The van der Waals surface area contributed by atoms with Crippen molar-refractivity contribution in [3.05, 3.63) is 120 Å². The Balaban J connectivity index is 1.18. The largest absolute Gasteiger partial charge is 0.0622 e. The molecule has 4 aromatic carbocycles. The molecule has 0 aromatic heterocycles. The van der Waals surface area contributed by atoms with Crippen LogP contribution in [0.1, 0.15) is 49.7 Å². The van der Waals surface area contributed by atoms with Gasteiger partial charge in [0.05, 0.1) is 0 Å². The average molecular weight is 419 g/mol. The van der Waals surface area contributed by atoms with Gasteiger partial charge in [-0.2, -0.15) is 0 Å². The minimum absolute atomic E-state index is 1.18. The molecule has 162 valence electrons. The molecule has 0 aliphatic heterocycles. The van der Waals surface area contributed by atoms with Crippen LogP contribution in [-0.4, -0.2) is 0 Å². The average Bonchev–Trinajstić information content (AvgIpc) is 2.87. The molecule has 0 nitrogen and oxygen atoms in total. The van der Waals surface area contributed by atoms with E-state index in [0.29, 0.717) is 0 Å². The van der Waals surface area contributed by atoms with E-state index < -0.39 is 0 Å². The standard InChI is InChI=1S/C32H34/c1(3-7-17-29-23-13-15-25-31(29)27-19-9-5-10-20-27)2-4-8-18-30-24-14-16-26-32(30)28-21-11-6-12-22-28/h5-6,9-16,19-26H,1-4,7-8,17-18H2. The highest BCUT2D eigenvalue weighted by atomic mass is 14.1. The molecule has 0 amide bonds. The van der Waals surface area contributed by atoms with Gasteiger partial charge in [-0.05, 0) is 59.1 Å². The number of hydrogen-bond donors (Lipinski definition) is 0. The number of benzene rings is 4. The SMILES string of the molecule is c1ccc(-c2ccccc2CCCCCCCCc2ccccc2-c2ccccc2)cc1. The first-order valence-electron chi connectivity index (χ1n) is 12.2. The van der Waals surface area contributed by atoms with Gasteiger partial charge < -0.3 is 0 Å². The summed E-state index contributed by atoms with van der Waals surface area (Å²) in [5.41, 5.74) is 8.42. The Bertz CT molecular complexity index is 974. The molecule has 0 aliphatic carbocycles. The molecular formula is C32H34. The highest BCUT2D eigenvalue weighted by Crippen LogP contribution is 2.26. The molecule has 0 atom stereocenters. The van der Waals surface area contributed by atoms with Gasteiger partial charge >= 0.3 is 0 Å². The second-order valence-corrected chi connectivity index (χ2v) is 8.67. The Labute approximate surface area is 194 Å². The molecule has 0 spiro atoms. The maximum absolute atomic E-state index is 2.30. The van der Waals surface area contributed by atoms with Crippen LogP contribution in [0.4, 0.5) is 0 Å². The summed E-state index contributed by atoms with van der Waals surface area (Å²) in [6, 6.07) is 39.3. The molecule has 0 bridgehead atoms. The molecule has 4 rings (SSSR count). The van der Waals surface area contributed by atoms with E-state index in [-0.39, 0.29) is 0 Å². The van der Waals surface area contributed by atoms with E-state index in [0.717, 1.165) is 0 Å². The zero-order chi connectivity index (χ0) is 21.8. The monoisotopic (exact) mass is 418 g/mol. The summed E-state index contributed by atoms with van der Waals surface area (Å²) in [5, 5.41) is 0. The van der Waals surface area contributed by atoms with Gasteiger partial charge in [-0.1, -0.05) is 135 Å². The molecule has 0 unspecified atom stereocenters. The van der Waals surface area contributed by atoms with Crippen LogP contribution in [0.15, 0.2) is 109 Å². The highest BCUT2D eigenvalue weighted by molar-refractivity contribution is 5.68. The van der Waals surface area contributed by atoms with Gasteiger partial charge in [0.25, 0.3) is 0 Å². The molecule has 0 heteroatoms. The lowest BCUT2D eigenvalue weighted by Crippen LogP contribution is -1.92. The molecule has 4 aromatic rings. The van der Waals surface area contributed by atoms with Gasteiger partial charge in [0.1, 0.15) is 0 Å². The number of unbranched alkanes of at least 4 members (excludes halogenated alkanes) is 5. The Morgan fingerprint density at radius 3 is 1.09 bits per heavy atom. The van der Waals surface area contributed by atoms with Crippen molar-refractivity contribution < 1.29 is 0 Å². The van der Waals surface area contributed by atoms with E-state index >= 15 is 0 Å². The first-order chi connectivity index (χ1) is 15.9. The molecule has 0 aliphatic rings. The van der Waals surface area contributed by atoms with Gasteiger partial charge in [-0.15, -0.1) is 0 Å². The van der Waals surface area contributed by atoms with Crippen molar-refractivity contribution in [1.29, 1.82) is 0 Å². The Morgan fingerprint density at radius 2 is 0.656 bits per heavy atom. The second-order valence-electron chi connectivity index (χ2n) is 8.67. The molecular weight excluding hydrogens is 384 g/mol. The van der Waals surface area contributed by atoms with Crippen molar-refractivity contribution in [3.8, 4) is 22.3 Å². The van der Waals surface area contributed by atoms with Crippen molar-refractivity contribution in [2.75, 3.05) is 0 Å². The van der Waals surface area contributed by atoms with E-state index in [1.165, 1.54) is 84.7 Å². The minimum atomic E-state index is 1.18. The summed E-state index contributed by atoms with van der Waals surface area (Å²) in [5.74, 6) is 0. The first kappa shape index (κ1) is 22.1. The zero-order valence-electron chi connectivity index (χ0n) is 19.0. The fourth-order valence-corrected chi connectivity index (χ4v) is 4.61. The Morgan fingerprint density at radius 1 is 0.312 bits per heavy atom. The number of rotatable bonds is 11. The van der Waals surface area contributed by atoms with Crippen molar-refractivity contribution in [2.24, 2.45) is 0 Å². The van der Waals surface area contributed by atoms with Gasteiger partial charge in [0, 0.05) is 0 Å². The van der Waals surface area contributed by atoms with Crippen molar-refractivity contribution in [1.82, 2.24) is 0 Å². The molecule has 32 heavy (non-hydrogen) atoms. The maximum atomic E-state index is 2.30. The fourth-order valence-electron chi connectivity index (χ4n) is 4.61. The van der Waals surface area contributed by atoms with Gasteiger partial charge in [-0.3, -0.25) is 0 Å². The summed E-state index contributed by atoms with van der Waals surface area (Å²) >= 11 is 0. The normalized spacial score (nSPS) is 10.9. The summed E-state index contributed by atoms with van der Waals surface area (Å²) in [6.45, 7) is 0. The summed E-state index contributed by atoms with van der Waals surface area (Å²) in [4.78, 5) is 0. The van der Waals surface area contributed by atoms with E-state index in [1.54, 1.807) is 0 Å². The van der Waals surface area contributed by atoms with Crippen LogP contribution in [0.2, 0.25) is 0 Å². The predicted octanol–water partition coefficient (Wildman–Crippen LogP) is 9.15. The second kappa shape index (κ2) is 12.1. The van der Waals surface area contributed by atoms with Crippen molar-refractivity contribution in [2.45, 2.75) is 51.4 Å². The van der Waals surface area contributed by atoms with E-state index in [4.69, 9.17) is 0 Å². The molecule has 0 N–H and O–H groups in total. The van der Waals surface area contributed by atoms with E-state index in [2.05, 4.69) is 109 Å². The third-order valence-electron chi connectivity index (χ3n) is 6.35. The quantitative estimate of drug-likeness (QED) is 0.213. The van der Waals surface area contributed by atoms with Crippen LogP contribution in [0.5, 0.6) is 0 Å². The molecule has 0 heterocycles. The van der Waals surface area contributed by atoms with E-state index in [9.17, 15) is 0 Å². The molecule has 0 radical (unpaired) electrons. The molecule has 0 saturated heterocycles. The molecule has 0 saturated carbocycles. The lowest BCUT2D eigenvalue weighted by Gasteiger charge is -2.10. The van der Waals surface area contributed by atoms with Gasteiger partial charge in [0.15, 0.2) is 0 Å². The third-order valence-corrected chi connectivity index (χ3v) is 6.35. The van der Waals surface area contributed by atoms with Crippen LogP contribution in [0, 0.1) is 0 Å². The van der Waals surface area contributed by atoms with Crippen LogP contribution in [0.3, 0.4) is 0 Å². The van der Waals surface area contributed by atoms with Crippen molar-refractivity contribution >= 4 is 0 Å². The summed E-state index contributed by atoms with van der Waals surface area (Å²) < 4.78 is 0. The minimum Gasteiger partial charge on any atom is -0.0622 e. The first-order valence-corrected chi connectivity index (χ1v) is 12.2. The Hall–Kier alpha value is -3.12. The van der Waals surface area contributed by atoms with Crippen LogP contribution >= 0.6 is 0 Å². The number of aryl methyl sites for hydroxylation is 2. The van der Waals surface area contributed by atoms with Crippen LogP contribution < -0.4 is 0 Å². The topological polar surface area (TPSA) is 0 Å². The zero-order valence-corrected chi connectivity index (χ0v) is 19.0. The van der Waals surface area contributed by atoms with Crippen LogP contribution in [-0.2, 0) is 12.8 Å². The summed E-state index contributed by atoms with van der Waals surface area (Å²) in [6.07, 6.45) is 10.2. The third kappa shape index (κ3) is 6.20. The van der Waals surface area contributed by atoms with Gasteiger partial charge in [-0.25, -0.2) is 0 Å². The fraction of sp³-hybridized carbons (Fsp3) is 0.250. The molecule has 0 fully saturated rings. The van der Waals surface area contributed by atoms with Crippen LogP contribution in [0.25, 0.3) is 22.3 Å². The lowest BCUT2D eigenvalue weighted by atomic mass is 9.95. The lowest BCUT2D eigenvalue weighted by molar-refractivity contribution is 0.594. The maximum Gasteiger partial charge on any atom is -0.0152 e. The summed E-state index contributed by atoms with van der Waals surface area (Å²) in [7, 11) is 0. The Kier molecular flexibility index (Phi) is 8.32. The smallest absolute Gasteiger partial charge is 0.0152 e. The van der Waals surface area contributed by atoms with E-state index in [1.807, 2.05) is 0 Å². The highest BCUT2D eigenvalue weighted by Gasteiger charge is 2.05. The predicted molar refractivity (Wildman–Crippen MR) is 139 cm³/mol. The van der Waals surface area contributed by atoms with Crippen molar-refractivity contribution in [3.63, 3.8) is 0 Å².